The van der Waals surface area contributed by atoms with E-state index >= 15 is 0 Å². The lowest BCUT2D eigenvalue weighted by Crippen LogP contribution is -2.13. The molecule has 0 aliphatic heterocycles. The van der Waals surface area contributed by atoms with Gasteiger partial charge in [0.1, 0.15) is 11.5 Å². The van der Waals surface area contributed by atoms with Gasteiger partial charge in [0.2, 0.25) is 11.8 Å². The van der Waals surface area contributed by atoms with Crippen molar-refractivity contribution in [1.82, 2.24) is 10.2 Å². The van der Waals surface area contributed by atoms with Gasteiger partial charge < -0.3 is 19.2 Å². The van der Waals surface area contributed by atoms with Crippen molar-refractivity contribution in [3.63, 3.8) is 0 Å². The minimum atomic E-state index is -0.262. The first-order valence-corrected chi connectivity index (χ1v) is 10.8. The van der Waals surface area contributed by atoms with Gasteiger partial charge in [-0.3, -0.25) is 4.79 Å². The molecule has 0 saturated carbocycles. The van der Waals surface area contributed by atoms with E-state index < -0.39 is 0 Å². The maximum atomic E-state index is 12.8. The summed E-state index contributed by atoms with van der Waals surface area (Å²) in [6, 6.07) is 20.2. The molecule has 4 aromatic rings. The zero-order valence-corrected chi connectivity index (χ0v) is 18.8. The molecule has 7 nitrogen and oxygen atoms in total. The number of rotatable bonds is 8. The van der Waals surface area contributed by atoms with Crippen LogP contribution in [0.4, 0.5) is 5.69 Å². The summed E-state index contributed by atoms with van der Waals surface area (Å²) in [6.45, 7) is 6.84. The van der Waals surface area contributed by atoms with Gasteiger partial charge in [-0.2, -0.15) is 0 Å². The predicted molar refractivity (Wildman–Crippen MR) is 127 cm³/mol. The fourth-order valence-electron chi connectivity index (χ4n) is 3.26. The van der Waals surface area contributed by atoms with Gasteiger partial charge in [-0.1, -0.05) is 17.7 Å². The maximum absolute atomic E-state index is 12.8. The Hall–Kier alpha value is -4.13. The molecule has 1 amide bonds. The van der Waals surface area contributed by atoms with Crippen molar-refractivity contribution in [1.29, 1.82) is 0 Å². The fourth-order valence-corrected chi connectivity index (χ4v) is 3.26. The van der Waals surface area contributed by atoms with Crippen molar-refractivity contribution in [2.45, 2.75) is 20.8 Å². The standard InChI is InChI=1S/C26H25N3O4/c1-4-31-21-14-15-23(32-5-2)22(16-21)27-24(30)18-10-12-20(13-11-18)26-29-28-25(33-26)19-8-6-17(3)7-9-19/h6-16H,4-5H2,1-3H3,(H,27,30). The number of benzene rings is 3. The molecule has 4 rings (SSSR count). The molecule has 7 heteroatoms. The van der Waals surface area contributed by atoms with Gasteiger partial charge in [-0.15, -0.1) is 10.2 Å². The van der Waals surface area contributed by atoms with E-state index in [0.29, 0.717) is 47.7 Å². The topological polar surface area (TPSA) is 86.5 Å². The zero-order valence-electron chi connectivity index (χ0n) is 18.8. The van der Waals surface area contributed by atoms with E-state index in [1.807, 2.05) is 51.1 Å². The second-order valence-electron chi connectivity index (χ2n) is 7.33. The molecule has 0 atom stereocenters. The highest BCUT2D eigenvalue weighted by atomic mass is 16.5. The number of carbonyl (C=O) groups is 1. The summed E-state index contributed by atoms with van der Waals surface area (Å²) < 4.78 is 17.0. The number of ether oxygens (including phenoxy) is 2. The third-order valence-corrected chi connectivity index (χ3v) is 4.93. The number of aromatic nitrogens is 2. The molecule has 3 aromatic carbocycles. The lowest BCUT2D eigenvalue weighted by Gasteiger charge is -2.13. The summed E-state index contributed by atoms with van der Waals surface area (Å²) >= 11 is 0. The van der Waals surface area contributed by atoms with Gasteiger partial charge >= 0.3 is 0 Å². The number of nitrogens with zero attached hydrogens (tertiary/aromatic N) is 2. The first kappa shape index (κ1) is 22.1. The highest BCUT2D eigenvalue weighted by Crippen LogP contribution is 2.30. The Bertz CT molecular complexity index is 1230. The van der Waals surface area contributed by atoms with Crippen LogP contribution in [0.3, 0.4) is 0 Å². The van der Waals surface area contributed by atoms with E-state index in [0.717, 1.165) is 16.7 Å². The number of carbonyl (C=O) groups excluding carboxylic acids is 1. The normalized spacial score (nSPS) is 10.6. The summed E-state index contributed by atoms with van der Waals surface area (Å²) in [4.78, 5) is 12.8. The molecule has 0 fully saturated rings. The van der Waals surface area contributed by atoms with E-state index in [1.54, 1.807) is 36.4 Å². The van der Waals surface area contributed by atoms with Crippen molar-refractivity contribution in [2.24, 2.45) is 0 Å². The van der Waals surface area contributed by atoms with Gasteiger partial charge in [0.15, 0.2) is 0 Å². The van der Waals surface area contributed by atoms with Gasteiger partial charge in [0, 0.05) is 22.8 Å². The predicted octanol–water partition coefficient (Wildman–Crippen LogP) is 5.76. The Morgan fingerprint density at radius 3 is 2.06 bits per heavy atom. The molecule has 0 radical (unpaired) electrons. The van der Waals surface area contributed by atoms with Crippen molar-refractivity contribution >= 4 is 11.6 Å². The van der Waals surface area contributed by atoms with Crippen LogP contribution in [0.5, 0.6) is 11.5 Å². The summed E-state index contributed by atoms with van der Waals surface area (Å²) in [5, 5.41) is 11.2. The number of aryl methyl sites for hydroxylation is 1. The Balaban J connectivity index is 1.50. The molecule has 0 aliphatic rings. The smallest absolute Gasteiger partial charge is 0.255 e. The Morgan fingerprint density at radius 2 is 1.45 bits per heavy atom. The average Bonchev–Trinajstić information content (AvgIpc) is 3.32. The Morgan fingerprint density at radius 1 is 0.848 bits per heavy atom. The molecule has 0 aliphatic carbocycles. The highest BCUT2D eigenvalue weighted by molar-refractivity contribution is 6.05. The van der Waals surface area contributed by atoms with Crippen molar-refractivity contribution in [3.8, 4) is 34.4 Å². The van der Waals surface area contributed by atoms with Crippen LogP contribution in [0, 0.1) is 6.92 Å². The molecule has 168 valence electrons. The van der Waals surface area contributed by atoms with Crippen molar-refractivity contribution in [2.75, 3.05) is 18.5 Å². The zero-order chi connectivity index (χ0) is 23.2. The maximum Gasteiger partial charge on any atom is 0.255 e. The van der Waals surface area contributed by atoms with Crippen LogP contribution in [0.25, 0.3) is 22.9 Å². The van der Waals surface area contributed by atoms with Crippen LogP contribution in [0.2, 0.25) is 0 Å². The minimum Gasteiger partial charge on any atom is -0.494 e. The van der Waals surface area contributed by atoms with Crippen LogP contribution in [0.15, 0.2) is 71.1 Å². The molecular formula is C26H25N3O4. The Labute approximate surface area is 192 Å². The lowest BCUT2D eigenvalue weighted by molar-refractivity contribution is 0.102. The van der Waals surface area contributed by atoms with E-state index in [-0.39, 0.29) is 5.91 Å². The number of anilines is 1. The van der Waals surface area contributed by atoms with Crippen LogP contribution in [0.1, 0.15) is 29.8 Å². The van der Waals surface area contributed by atoms with Crippen LogP contribution in [-0.2, 0) is 0 Å². The molecule has 33 heavy (non-hydrogen) atoms. The summed E-state index contributed by atoms with van der Waals surface area (Å²) in [7, 11) is 0. The quantitative estimate of drug-likeness (QED) is 0.372. The summed E-state index contributed by atoms with van der Waals surface area (Å²) in [6.07, 6.45) is 0. The first-order chi connectivity index (χ1) is 16.1. The molecule has 0 saturated heterocycles. The van der Waals surface area contributed by atoms with Crippen LogP contribution >= 0.6 is 0 Å². The van der Waals surface area contributed by atoms with E-state index in [2.05, 4.69) is 15.5 Å². The van der Waals surface area contributed by atoms with E-state index in [4.69, 9.17) is 13.9 Å². The Kier molecular flexibility index (Phi) is 6.69. The highest BCUT2D eigenvalue weighted by Gasteiger charge is 2.14. The van der Waals surface area contributed by atoms with Crippen LogP contribution < -0.4 is 14.8 Å². The average molecular weight is 444 g/mol. The molecule has 1 heterocycles. The van der Waals surface area contributed by atoms with Gasteiger partial charge in [0.05, 0.1) is 18.9 Å². The number of amides is 1. The molecule has 1 N–H and O–H groups in total. The summed E-state index contributed by atoms with van der Waals surface area (Å²) in [5.74, 6) is 1.82. The molecule has 1 aromatic heterocycles. The van der Waals surface area contributed by atoms with E-state index in [9.17, 15) is 4.79 Å². The van der Waals surface area contributed by atoms with Crippen LogP contribution in [-0.4, -0.2) is 29.3 Å². The van der Waals surface area contributed by atoms with Crippen molar-refractivity contribution in [3.05, 3.63) is 77.9 Å². The van der Waals surface area contributed by atoms with Gasteiger partial charge in [0.25, 0.3) is 5.91 Å². The monoisotopic (exact) mass is 443 g/mol. The van der Waals surface area contributed by atoms with Crippen molar-refractivity contribution < 1.29 is 18.7 Å². The largest absolute Gasteiger partial charge is 0.494 e. The summed E-state index contributed by atoms with van der Waals surface area (Å²) in [5.41, 5.74) is 3.78. The number of hydrogen-bond acceptors (Lipinski definition) is 6. The number of nitrogens with one attached hydrogen (secondary N) is 1. The van der Waals surface area contributed by atoms with Gasteiger partial charge in [-0.25, -0.2) is 0 Å². The second-order valence-corrected chi connectivity index (χ2v) is 7.33. The SMILES string of the molecule is CCOc1ccc(OCC)c(NC(=O)c2ccc(-c3nnc(-c4ccc(C)cc4)o3)cc2)c1. The molecule has 0 spiro atoms. The first-order valence-electron chi connectivity index (χ1n) is 10.8. The number of hydrogen-bond donors (Lipinski definition) is 1. The fraction of sp³-hybridized carbons (Fsp3) is 0.192. The molecular weight excluding hydrogens is 418 g/mol. The van der Waals surface area contributed by atoms with Gasteiger partial charge in [-0.05, 0) is 69.3 Å². The third-order valence-electron chi connectivity index (χ3n) is 4.93. The van der Waals surface area contributed by atoms with E-state index in [1.165, 1.54) is 0 Å². The second kappa shape index (κ2) is 9.99. The lowest BCUT2D eigenvalue weighted by atomic mass is 10.1. The third kappa shape index (κ3) is 5.20. The molecule has 0 bridgehead atoms. The molecule has 0 unspecified atom stereocenters. The minimum absolute atomic E-state index is 0.262.